The lowest BCUT2D eigenvalue weighted by atomic mass is 10.2. The molecule has 1 heterocycles. The van der Waals surface area contributed by atoms with Gasteiger partial charge >= 0.3 is 0 Å². The number of hydrogen-bond acceptors (Lipinski definition) is 4. The number of nitrogens with zero attached hydrogens (tertiary/aromatic N) is 1. The van der Waals surface area contributed by atoms with Gasteiger partial charge in [0.2, 0.25) is 15.9 Å². The summed E-state index contributed by atoms with van der Waals surface area (Å²) in [6.45, 7) is 5.60. The Morgan fingerprint density at radius 1 is 1.45 bits per heavy atom. The second-order valence-electron chi connectivity index (χ2n) is 4.75. The average Bonchev–Trinajstić information content (AvgIpc) is 2.75. The highest BCUT2D eigenvalue weighted by Crippen LogP contribution is 2.31. The van der Waals surface area contributed by atoms with E-state index in [4.69, 9.17) is 0 Å². The van der Waals surface area contributed by atoms with Gasteiger partial charge in [-0.05, 0) is 37.6 Å². The van der Waals surface area contributed by atoms with Crippen LogP contribution in [0.2, 0.25) is 0 Å². The molecule has 0 saturated carbocycles. The molecule has 0 aliphatic carbocycles. The molecule has 0 radical (unpaired) electrons. The zero-order valence-corrected chi connectivity index (χ0v) is 13.3. The molecule has 1 aromatic rings. The van der Waals surface area contributed by atoms with Gasteiger partial charge in [-0.3, -0.25) is 4.79 Å². The van der Waals surface area contributed by atoms with Crippen LogP contribution in [0.5, 0.6) is 0 Å². The fraction of sp³-hybridized carbons (Fsp3) is 0.462. The van der Waals surface area contributed by atoms with E-state index >= 15 is 0 Å². The summed E-state index contributed by atoms with van der Waals surface area (Å²) in [5, 5.41) is 2.62. The van der Waals surface area contributed by atoms with Crippen molar-refractivity contribution in [3.05, 3.63) is 23.8 Å². The molecule has 1 aromatic carbocycles. The first kappa shape index (κ1) is 15.3. The van der Waals surface area contributed by atoms with Crippen LogP contribution >= 0.6 is 11.8 Å². The average molecular weight is 314 g/mol. The molecular weight excluding hydrogens is 296 g/mol. The molecule has 1 aliphatic rings. The number of rotatable bonds is 3. The Morgan fingerprint density at radius 2 is 2.15 bits per heavy atom. The SMILES string of the molecule is CC(=O)Nc1ccc(S(=O)(=O)N2CCSC2C)c(C)c1. The molecule has 1 amide bonds. The predicted molar refractivity (Wildman–Crippen MR) is 81.3 cm³/mol. The minimum absolute atomic E-state index is 0.0329. The molecule has 1 atom stereocenters. The van der Waals surface area contributed by atoms with Crippen LogP contribution in [0.15, 0.2) is 23.1 Å². The zero-order valence-electron chi connectivity index (χ0n) is 11.7. The summed E-state index contributed by atoms with van der Waals surface area (Å²) >= 11 is 1.63. The quantitative estimate of drug-likeness (QED) is 0.927. The Bertz CT molecular complexity index is 629. The fourth-order valence-corrected chi connectivity index (χ4v) is 5.47. The second-order valence-corrected chi connectivity index (χ2v) is 8.03. The summed E-state index contributed by atoms with van der Waals surface area (Å²) in [6, 6.07) is 4.86. The van der Waals surface area contributed by atoms with E-state index in [1.165, 1.54) is 11.2 Å². The van der Waals surface area contributed by atoms with E-state index in [0.717, 1.165) is 5.75 Å². The van der Waals surface area contributed by atoms with Crippen molar-refractivity contribution in [2.24, 2.45) is 0 Å². The molecule has 110 valence electrons. The molecule has 2 rings (SSSR count). The van der Waals surface area contributed by atoms with Crippen molar-refractivity contribution in [2.45, 2.75) is 31.0 Å². The molecule has 7 heteroatoms. The molecule has 1 aliphatic heterocycles. The molecule has 0 spiro atoms. The third-order valence-electron chi connectivity index (χ3n) is 3.16. The van der Waals surface area contributed by atoms with E-state index in [9.17, 15) is 13.2 Å². The normalized spacial score (nSPS) is 20.1. The van der Waals surface area contributed by atoms with E-state index < -0.39 is 10.0 Å². The van der Waals surface area contributed by atoms with Crippen LogP contribution in [0.1, 0.15) is 19.4 Å². The maximum atomic E-state index is 12.6. The monoisotopic (exact) mass is 314 g/mol. The highest BCUT2D eigenvalue weighted by atomic mass is 32.2. The number of benzene rings is 1. The van der Waals surface area contributed by atoms with Crippen LogP contribution in [0.3, 0.4) is 0 Å². The van der Waals surface area contributed by atoms with Crippen molar-refractivity contribution in [1.29, 1.82) is 0 Å². The van der Waals surface area contributed by atoms with Gasteiger partial charge in [0.25, 0.3) is 0 Å². The van der Waals surface area contributed by atoms with Gasteiger partial charge in [0.1, 0.15) is 0 Å². The summed E-state index contributed by atoms with van der Waals surface area (Å²) in [6.07, 6.45) is 0. The lowest BCUT2D eigenvalue weighted by Gasteiger charge is -2.21. The lowest BCUT2D eigenvalue weighted by Crippen LogP contribution is -2.33. The van der Waals surface area contributed by atoms with Crippen molar-refractivity contribution in [1.82, 2.24) is 4.31 Å². The van der Waals surface area contributed by atoms with E-state index in [1.807, 2.05) is 6.92 Å². The molecule has 1 N–H and O–H groups in total. The van der Waals surface area contributed by atoms with Crippen molar-refractivity contribution in [3.8, 4) is 0 Å². The molecule has 0 bridgehead atoms. The lowest BCUT2D eigenvalue weighted by molar-refractivity contribution is -0.114. The topological polar surface area (TPSA) is 66.5 Å². The molecule has 5 nitrogen and oxygen atoms in total. The van der Waals surface area contributed by atoms with Crippen LogP contribution in [-0.2, 0) is 14.8 Å². The number of aryl methyl sites for hydroxylation is 1. The van der Waals surface area contributed by atoms with Crippen LogP contribution in [-0.4, -0.2) is 36.3 Å². The molecular formula is C13H18N2O3S2. The number of hydrogen-bond donors (Lipinski definition) is 1. The van der Waals surface area contributed by atoms with Gasteiger partial charge in [-0.1, -0.05) is 0 Å². The number of thioether (sulfide) groups is 1. The van der Waals surface area contributed by atoms with Crippen molar-refractivity contribution < 1.29 is 13.2 Å². The highest BCUT2D eigenvalue weighted by molar-refractivity contribution is 8.01. The standard InChI is InChI=1S/C13H18N2O3S2/c1-9-8-12(14-10(2)16)4-5-13(9)20(17,18)15-6-7-19-11(15)3/h4-5,8,11H,6-7H2,1-3H3,(H,14,16). The fourth-order valence-electron chi connectivity index (χ4n) is 2.24. The van der Waals surface area contributed by atoms with Gasteiger partial charge in [0, 0.05) is 24.9 Å². The maximum absolute atomic E-state index is 12.6. The number of amides is 1. The molecule has 1 saturated heterocycles. The van der Waals surface area contributed by atoms with Crippen LogP contribution in [0.25, 0.3) is 0 Å². The molecule has 0 aromatic heterocycles. The zero-order chi connectivity index (χ0) is 14.9. The molecule has 1 unspecified atom stereocenters. The molecule has 1 fully saturated rings. The smallest absolute Gasteiger partial charge is 0.244 e. The Labute approximate surface area is 123 Å². The summed E-state index contributed by atoms with van der Waals surface area (Å²) < 4.78 is 26.8. The largest absolute Gasteiger partial charge is 0.326 e. The van der Waals surface area contributed by atoms with E-state index in [0.29, 0.717) is 22.7 Å². The number of nitrogens with one attached hydrogen (secondary N) is 1. The number of carbonyl (C=O) groups excluding carboxylic acids is 1. The van der Waals surface area contributed by atoms with Crippen molar-refractivity contribution in [2.75, 3.05) is 17.6 Å². The van der Waals surface area contributed by atoms with Crippen molar-refractivity contribution >= 4 is 33.4 Å². The summed E-state index contributed by atoms with van der Waals surface area (Å²) in [5.74, 6) is 0.647. The van der Waals surface area contributed by atoms with Crippen LogP contribution in [0, 0.1) is 6.92 Å². The van der Waals surface area contributed by atoms with Gasteiger partial charge in [-0.25, -0.2) is 8.42 Å². The number of carbonyl (C=O) groups is 1. The second kappa shape index (κ2) is 5.75. The van der Waals surface area contributed by atoms with Crippen molar-refractivity contribution in [3.63, 3.8) is 0 Å². The maximum Gasteiger partial charge on any atom is 0.244 e. The van der Waals surface area contributed by atoms with Crippen LogP contribution < -0.4 is 5.32 Å². The first-order chi connectivity index (χ1) is 9.32. The first-order valence-electron chi connectivity index (χ1n) is 6.34. The minimum Gasteiger partial charge on any atom is -0.326 e. The van der Waals surface area contributed by atoms with E-state index in [2.05, 4.69) is 5.32 Å². The van der Waals surface area contributed by atoms with E-state index in [-0.39, 0.29) is 11.3 Å². The third-order valence-corrected chi connectivity index (χ3v) is 6.58. The van der Waals surface area contributed by atoms with E-state index in [1.54, 1.807) is 36.9 Å². The highest BCUT2D eigenvalue weighted by Gasteiger charge is 2.33. The van der Waals surface area contributed by atoms with Gasteiger partial charge in [0.05, 0.1) is 10.3 Å². The summed E-state index contributed by atoms with van der Waals surface area (Å²) in [7, 11) is -3.46. The Morgan fingerprint density at radius 3 is 2.65 bits per heavy atom. The number of anilines is 1. The van der Waals surface area contributed by atoms with Gasteiger partial charge < -0.3 is 5.32 Å². The van der Waals surface area contributed by atoms with Gasteiger partial charge in [-0.15, -0.1) is 11.8 Å². The van der Waals surface area contributed by atoms with Crippen LogP contribution in [0.4, 0.5) is 5.69 Å². The molecule has 20 heavy (non-hydrogen) atoms. The summed E-state index contributed by atoms with van der Waals surface area (Å²) in [4.78, 5) is 11.3. The Balaban J connectivity index is 2.35. The predicted octanol–water partition coefficient (Wildman–Crippen LogP) is 2.04. The first-order valence-corrected chi connectivity index (χ1v) is 8.83. The third kappa shape index (κ3) is 2.99. The minimum atomic E-state index is -3.46. The Kier molecular flexibility index (Phi) is 4.41. The summed E-state index contributed by atoms with van der Waals surface area (Å²) in [5.41, 5.74) is 1.25. The Hall–Kier alpha value is -1.05. The van der Waals surface area contributed by atoms with Gasteiger partial charge in [0.15, 0.2) is 0 Å². The van der Waals surface area contributed by atoms with Gasteiger partial charge in [-0.2, -0.15) is 4.31 Å². The number of sulfonamides is 1.